The second kappa shape index (κ2) is 5.60. The number of anilines is 2. The van der Waals surface area contributed by atoms with Gasteiger partial charge in [-0.25, -0.2) is 9.97 Å². The first-order valence-electron chi connectivity index (χ1n) is 6.02. The van der Waals surface area contributed by atoms with Gasteiger partial charge in [0.05, 0.1) is 0 Å². The average molecular weight is 242 g/mol. The molecule has 0 saturated carbocycles. The van der Waals surface area contributed by atoms with Gasteiger partial charge < -0.3 is 10.6 Å². The smallest absolute Gasteiger partial charge is 0.229 e. The van der Waals surface area contributed by atoms with Crippen molar-refractivity contribution in [3.63, 3.8) is 0 Å². The summed E-state index contributed by atoms with van der Waals surface area (Å²) in [6, 6.07) is 8.28. The van der Waals surface area contributed by atoms with Crippen LogP contribution in [0.1, 0.15) is 11.1 Å². The third kappa shape index (κ3) is 2.84. The Hall–Kier alpha value is -1.94. The number of benzene rings is 1. The quantitative estimate of drug-likeness (QED) is 0.891. The van der Waals surface area contributed by atoms with Crippen molar-refractivity contribution >= 4 is 11.6 Å². The first-order chi connectivity index (χ1) is 8.70. The molecule has 0 spiro atoms. The van der Waals surface area contributed by atoms with Gasteiger partial charge in [0.1, 0.15) is 0 Å². The summed E-state index contributed by atoms with van der Waals surface area (Å²) in [6.07, 6.45) is 4.48. The second-order valence-corrected chi connectivity index (χ2v) is 4.32. The van der Waals surface area contributed by atoms with E-state index in [0.717, 1.165) is 17.7 Å². The van der Waals surface area contributed by atoms with Gasteiger partial charge in [-0.3, -0.25) is 0 Å². The number of hydrogen-bond acceptors (Lipinski definition) is 4. The molecule has 0 aliphatic rings. The summed E-state index contributed by atoms with van der Waals surface area (Å²) < 4.78 is 0. The van der Waals surface area contributed by atoms with E-state index in [0.29, 0.717) is 12.5 Å². The van der Waals surface area contributed by atoms with E-state index >= 15 is 0 Å². The van der Waals surface area contributed by atoms with Crippen LogP contribution in [0.25, 0.3) is 0 Å². The van der Waals surface area contributed by atoms with Crippen LogP contribution in [0, 0.1) is 6.92 Å². The molecule has 0 aliphatic heterocycles. The molecule has 4 nitrogen and oxygen atoms in total. The molecule has 0 amide bonds. The summed E-state index contributed by atoms with van der Waals surface area (Å²) >= 11 is 0. The standard InChI is InChI=1S/C14H18N4/c1-11-3-5-13(6-4-11)18(2)14-16-9-12(7-8-15)10-17-14/h3-6,9-10H,7-8,15H2,1-2H3. The summed E-state index contributed by atoms with van der Waals surface area (Å²) in [6.45, 7) is 2.69. The Kier molecular flexibility index (Phi) is 3.89. The molecule has 1 aromatic heterocycles. The summed E-state index contributed by atoms with van der Waals surface area (Å²) in [5, 5.41) is 0. The van der Waals surface area contributed by atoms with Crippen molar-refractivity contribution in [3.05, 3.63) is 47.8 Å². The zero-order chi connectivity index (χ0) is 13.0. The third-order valence-corrected chi connectivity index (χ3v) is 2.85. The van der Waals surface area contributed by atoms with Crippen molar-refractivity contribution < 1.29 is 0 Å². The molecule has 0 unspecified atom stereocenters. The first-order valence-corrected chi connectivity index (χ1v) is 6.02. The normalized spacial score (nSPS) is 10.4. The molecule has 18 heavy (non-hydrogen) atoms. The number of aryl methyl sites for hydroxylation is 1. The lowest BCUT2D eigenvalue weighted by atomic mass is 10.2. The molecule has 2 rings (SSSR count). The SMILES string of the molecule is Cc1ccc(N(C)c2ncc(CCN)cn2)cc1. The van der Waals surface area contributed by atoms with Crippen LogP contribution >= 0.6 is 0 Å². The van der Waals surface area contributed by atoms with Crippen LogP contribution in [0.3, 0.4) is 0 Å². The minimum absolute atomic E-state index is 0.622. The Morgan fingerprint density at radius 1 is 1.11 bits per heavy atom. The van der Waals surface area contributed by atoms with Crippen LogP contribution in [-0.2, 0) is 6.42 Å². The molecule has 2 N–H and O–H groups in total. The minimum Gasteiger partial charge on any atom is -0.330 e. The molecule has 94 valence electrons. The van der Waals surface area contributed by atoms with Gasteiger partial charge in [0.2, 0.25) is 5.95 Å². The third-order valence-electron chi connectivity index (χ3n) is 2.85. The van der Waals surface area contributed by atoms with Gasteiger partial charge >= 0.3 is 0 Å². The predicted molar refractivity (Wildman–Crippen MR) is 74.0 cm³/mol. The number of nitrogens with zero attached hydrogens (tertiary/aromatic N) is 3. The van der Waals surface area contributed by atoms with Crippen molar-refractivity contribution in [2.75, 3.05) is 18.5 Å². The van der Waals surface area contributed by atoms with Gasteiger partial charge in [-0.1, -0.05) is 17.7 Å². The fraction of sp³-hybridized carbons (Fsp3) is 0.286. The topological polar surface area (TPSA) is 55.0 Å². The van der Waals surface area contributed by atoms with E-state index in [1.165, 1.54) is 5.56 Å². The summed E-state index contributed by atoms with van der Waals surface area (Å²) in [4.78, 5) is 10.7. The molecule has 4 heteroatoms. The van der Waals surface area contributed by atoms with E-state index in [2.05, 4.69) is 41.2 Å². The van der Waals surface area contributed by atoms with Crippen LogP contribution in [0.4, 0.5) is 11.6 Å². The average Bonchev–Trinajstić information content (AvgIpc) is 2.40. The maximum Gasteiger partial charge on any atom is 0.229 e. The maximum absolute atomic E-state index is 5.50. The second-order valence-electron chi connectivity index (χ2n) is 4.32. The molecule has 0 fully saturated rings. The van der Waals surface area contributed by atoms with Gasteiger partial charge in [-0.05, 0) is 37.6 Å². The summed E-state index contributed by atoms with van der Waals surface area (Å²) in [7, 11) is 1.96. The molecular weight excluding hydrogens is 224 g/mol. The number of hydrogen-bond donors (Lipinski definition) is 1. The highest BCUT2D eigenvalue weighted by Crippen LogP contribution is 2.19. The van der Waals surface area contributed by atoms with Crippen molar-refractivity contribution in [2.45, 2.75) is 13.3 Å². The lowest BCUT2D eigenvalue weighted by Crippen LogP contribution is -2.13. The van der Waals surface area contributed by atoms with E-state index in [4.69, 9.17) is 5.73 Å². The Morgan fingerprint density at radius 2 is 1.72 bits per heavy atom. The van der Waals surface area contributed by atoms with Gasteiger partial charge in [0.15, 0.2) is 0 Å². The van der Waals surface area contributed by atoms with Crippen LogP contribution in [0.2, 0.25) is 0 Å². The predicted octanol–water partition coefficient (Wildman–Crippen LogP) is 2.05. The Balaban J connectivity index is 2.17. The Labute approximate surface area is 107 Å². The number of rotatable bonds is 4. The molecule has 0 atom stereocenters. The molecular formula is C14H18N4. The zero-order valence-electron chi connectivity index (χ0n) is 10.8. The van der Waals surface area contributed by atoms with Gasteiger partial charge in [-0.2, -0.15) is 0 Å². The number of nitrogens with two attached hydrogens (primary N) is 1. The fourth-order valence-corrected chi connectivity index (χ4v) is 1.70. The maximum atomic E-state index is 5.50. The van der Waals surface area contributed by atoms with Crippen LogP contribution in [0.15, 0.2) is 36.7 Å². The molecule has 0 radical (unpaired) electrons. The molecule has 1 heterocycles. The van der Waals surface area contributed by atoms with Crippen molar-refractivity contribution in [1.29, 1.82) is 0 Å². The van der Waals surface area contributed by atoms with Crippen molar-refractivity contribution in [1.82, 2.24) is 9.97 Å². The van der Waals surface area contributed by atoms with Gasteiger partial charge in [0.25, 0.3) is 0 Å². The largest absolute Gasteiger partial charge is 0.330 e. The highest BCUT2D eigenvalue weighted by atomic mass is 15.2. The van der Waals surface area contributed by atoms with Gasteiger partial charge in [0, 0.05) is 25.1 Å². The van der Waals surface area contributed by atoms with E-state index in [1.807, 2.05) is 24.3 Å². The Bertz CT molecular complexity index is 490. The summed E-state index contributed by atoms with van der Waals surface area (Å²) in [5.74, 6) is 0.694. The number of aromatic nitrogens is 2. The first kappa shape index (κ1) is 12.5. The highest BCUT2D eigenvalue weighted by molar-refractivity contribution is 5.56. The molecule has 0 saturated heterocycles. The van der Waals surface area contributed by atoms with E-state index in [9.17, 15) is 0 Å². The van der Waals surface area contributed by atoms with E-state index in [-0.39, 0.29) is 0 Å². The minimum atomic E-state index is 0.622. The van der Waals surface area contributed by atoms with Crippen molar-refractivity contribution in [2.24, 2.45) is 5.73 Å². The van der Waals surface area contributed by atoms with E-state index in [1.54, 1.807) is 0 Å². The van der Waals surface area contributed by atoms with Crippen LogP contribution < -0.4 is 10.6 Å². The lowest BCUT2D eigenvalue weighted by molar-refractivity contribution is 0.931. The van der Waals surface area contributed by atoms with Crippen LogP contribution in [0.5, 0.6) is 0 Å². The van der Waals surface area contributed by atoms with E-state index < -0.39 is 0 Å². The zero-order valence-corrected chi connectivity index (χ0v) is 10.8. The van der Waals surface area contributed by atoms with Gasteiger partial charge in [-0.15, -0.1) is 0 Å². The molecule has 2 aromatic rings. The molecule has 1 aromatic carbocycles. The molecule has 0 bridgehead atoms. The summed E-state index contributed by atoms with van der Waals surface area (Å²) in [5.41, 5.74) is 8.88. The monoisotopic (exact) mass is 242 g/mol. The van der Waals surface area contributed by atoms with Crippen LogP contribution in [-0.4, -0.2) is 23.6 Å². The lowest BCUT2D eigenvalue weighted by Gasteiger charge is -2.17. The molecule has 0 aliphatic carbocycles. The Morgan fingerprint density at radius 3 is 2.28 bits per heavy atom. The fourth-order valence-electron chi connectivity index (χ4n) is 1.70. The van der Waals surface area contributed by atoms with Crippen molar-refractivity contribution in [3.8, 4) is 0 Å². The highest BCUT2D eigenvalue weighted by Gasteiger charge is 2.06.